The zero-order valence-electron chi connectivity index (χ0n) is 17.0. The minimum Gasteiger partial charge on any atom is -0.493 e. The predicted octanol–water partition coefficient (Wildman–Crippen LogP) is 0.668. The Labute approximate surface area is 175 Å². The van der Waals surface area contributed by atoms with Gasteiger partial charge in [0.15, 0.2) is 11.5 Å². The lowest BCUT2D eigenvalue weighted by Crippen LogP contribution is -2.60. The number of hydrogen-bond donors (Lipinski definition) is 4. The van der Waals surface area contributed by atoms with Crippen molar-refractivity contribution in [2.75, 3.05) is 20.8 Å². The van der Waals surface area contributed by atoms with Crippen molar-refractivity contribution in [3.8, 4) is 17.2 Å². The minimum atomic E-state index is -1.47. The molecule has 8 nitrogen and oxygen atoms in total. The fraction of sp³-hybridized carbons (Fsp3) is 0.455. The number of aliphatic hydroxyl groups excluding tert-OH is 4. The highest BCUT2D eigenvalue weighted by molar-refractivity contribution is 5.43. The Hall–Kier alpha value is -2.36. The molecule has 1 saturated heterocycles. The van der Waals surface area contributed by atoms with Crippen molar-refractivity contribution in [3.63, 3.8) is 0 Å². The Morgan fingerprint density at radius 3 is 2.07 bits per heavy atom. The Bertz CT molecular complexity index is 807. The molecule has 4 N–H and O–H groups in total. The summed E-state index contributed by atoms with van der Waals surface area (Å²) in [7, 11) is 3.21. The second-order valence-corrected chi connectivity index (χ2v) is 7.15. The first kappa shape index (κ1) is 22.3. The van der Waals surface area contributed by atoms with E-state index in [-0.39, 0.29) is 0 Å². The molecule has 1 aliphatic heterocycles. The third-order valence-corrected chi connectivity index (χ3v) is 5.17. The van der Waals surface area contributed by atoms with Gasteiger partial charge in [0.25, 0.3) is 0 Å². The highest BCUT2D eigenvalue weighted by Crippen LogP contribution is 2.28. The highest BCUT2D eigenvalue weighted by Gasteiger charge is 2.44. The van der Waals surface area contributed by atoms with E-state index in [0.29, 0.717) is 17.2 Å². The van der Waals surface area contributed by atoms with E-state index < -0.39 is 37.3 Å². The molecule has 3 rings (SSSR count). The van der Waals surface area contributed by atoms with Gasteiger partial charge in [0.05, 0.1) is 20.8 Å². The molecule has 0 amide bonds. The summed E-state index contributed by atoms with van der Waals surface area (Å²) in [5, 5.41) is 39.0. The van der Waals surface area contributed by atoms with Crippen LogP contribution in [0.15, 0.2) is 42.5 Å². The van der Waals surface area contributed by atoms with E-state index in [1.54, 1.807) is 26.4 Å². The van der Waals surface area contributed by atoms with E-state index >= 15 is 0 Å². The zero-order chi connectivity index (χ0) is 21.7. The van der Waals surface area contributed by atoms with Crippen LogP contribution < -0.4 is 14.2 Å². The third-order valence-electron chi connectivity index (χ3n) is 5.17. The SMILES string of the molecule is COc1ccc(CCc2ccc(O[C@@H]3O[C@H](CO)[C@@H](O)[C@H](O)[C@H]3O)cc2)cc1OC. The molecule has 30 heavy (non-hydrogen) atoms. The molecule has 1 aliphatic rings. The van der Waals surface area contributed by atoms with E-state index in [9.17, 15) is 20.4 Å². The van der Waals surface area contributed by atoms with Crippen LogP contribution in [0.25, 0.3) is 0 Å². The van der Waals surface area contributed by atoms with Gasteiger partial charge in [-0.05, 0) is 48.2 Å². The molecule has 164 valence electrons. The molecule has 0 aliphatic carbocycles. The normalized spacial score (nSPS) is 26.3. The van der Waals surface area contributed by atoms with Gasteiger partial charge in [0.2, 0.25) is 6.29 Å². The molecule has 0 bridgehead atoms. The summed E-state index contributed by atoms with van der Waals surface area (Å²) >= 11 is 0. The fourth-order valence-electron chi connectivity index (χ4n) is 3.36. The van der Waals surface area contributed by atoms with Gasteiger partial charge in [-0.15, -0.1) is 0 Å². The van der Waals surface area contributed by atoms with Crippen LogP contribution in [0.2, 0.25) is 0 Å². The molecule has 0 radical (unpaired) electrons. The molecular weight excluding hydrogens is 392 g/mol. The van der Waals surface area contributed by atoms with Gasteiger partial charge in [0.1, 0.15) is 30.2 Å². The topological polar surface area (TPSA) is 118 Å². The van der Waals surface area contributed by atoms with Crippen LogP contribution in [0.1, 0.15) is 11.1 Å². The van der Waals surface area contributed by atoms with Gasteiger partial charge < -0.3 is 39.4 Å². The van der Waals surface area contributed by atoms with Crippen molar-refractivity contribution in [3.05, 3.63) is 53.6 Å². The van der Waals surface area contributed by atoms with Crippen molar-refractivity contribution in [1.82, 2.24) is 0 Å². The summed E-state index contributed by atoms with van der Waals surface area (Å²) in [6, 6.07) is 13.1. The van der Waals surface area contributed by atoms with Crippen LogP contribution in [0, 0.1) is 0 Å². The lowest BCUT2D eigenvalue weighted by Gasteiger charge is -2.39. The van der Waals surface area contributed by atoms with Crippen LogP contribution >= 0.6 is 0 Å². The van der Waals surface area contributed by atoms with Gasteiger partial charge in [-0.1, -0.05) is 18.2 Å². The molecule has 0 spiro atoms. The summed E-state index contributed by atoms with van der Waals surface area (Å²) in [6.45, 7) is -0.500. The lowest BCUT2D eigenvalue weighted by atomic mass is 9.99. The van der Waals surface area contributed by atoms with Crippen molar-refractivity contribution >= 4 is 0 Å². The van der Waals surface area contributed by atoms with E-state index in [4.69, 9.17) is 18.9 Å². The van der Waals surface area contributed by atoms with Crippen LogP contribution in [0.4, 0.5) is 0 Å². The molecule has 1 heterocycles. The molecule has 2 aromatic rings. The summed E-state index contributed by atoms with van der Waals surface area (Å²) in [5.74, 6) is 1.82. The Morgan fingerprint density at radius 1 is 0.800 bits per heavy atom. The first-order chi connectivity index (χ1) is 14.5. The van der Waals surface area contributed by atoms with E-state index in [1.165, 1.54) is 0 Å². The number of methoxy groups -OCH3 is 2. The quantitative estimate of drug-likeness (QED) is 0.492. The second kappa shape index (κ2) is 10.1. The standard InChI is InChI=1S/C22H28O8/c1-27-16-10-7-14(11-17(16)28-2)4-3-13-5-8-15(9-6-13)29-22-21(26)20(25)19(24)18(12-23)30-22/h5-11,18-26H,3-4,12H2,1-2H3/t18-,19-,20+,21-,22-/m1/s1. The van der Waals surface area contributed by atoms with Gasteiger partial charge >= 0.3 is 0 Å². The minimum absolute atomic E-state index is 0.439. The van der Waals surface area contributed by atoms with Crippen molar-refractivity contribution in [2.45, 2.75) is 43.5 Å². The maximum atomic E-state index is 10.1. The average molecular weight is 420 g/mol. The van der Waals surface area contributed by atoms with Crippen LogP contribution in [-0.4, -0.2) is 72.0 Å². The largest absolute Gasteiger partial charge is 0.493 e. The number of aliphatic hydroxyl groups is 4. The van der Waals surface area contributed by atoms with Gasteiger partial charge in [-0.2, -0.15) is 0 Å². The summed E-state index contributed by atoms with van der Waals surface area (Å²) in [6.07, 6.45) is -4.91. The van der Waals surface area contributed by atoms with Crippen LogP contribution in [0.5, 0.6) is 17.2 Å². The molecule has 0 saturated carbocycles. The van der Waals surface area contributed by atoms with Crippen molar-refractivity contribution in [2.24, 2.45) is 0 Å². The maximum Gasteiger partial charge on any atom is 0.229 e. The van der Waals surface area contributed by atoms with E-state index in [0.717, 1.165) is 24.0 Å². The lowest BCUT2D eigenvalue weighted by molar-refractivity contribution is -0.277. The summed E-state index contributed by atoms with van der Waals surface area (Å²) in [4.78, 5) is 0. The monoisotopic (exact) mass is 420 g/mol. The van der Waals surface area contributed by atoms with Crippen molar-refractivity contribution in [1.29, 1.82) is 0 Å². The average Bonchev–Trinajstić information content (AvgIpc) is 2.78. The predicted molar refractivity (Wildman–Crippen MR) is 108 cm³/mol. The highest BCUT2D eigenvalue weighted by atomic mass is 16.7. The number of hydrogen-bond acceptors (Lipinski definition) is 8. The van der Waals surface area contributed by atoms with Crippen LogP contribution in [-0.2, 0) is 17.6 Å². The number of ether oxygens (including phenoxy) is 4. The molecule has 0 unspecified atom stereocenters. The van der Waals surface area contributed by atoms with Gasteiger partial charge in [-0.3, -0.25) is 0 Å². The molecular formula is C22H28O8. The third kappa shape index (κ3) is 5.03. The Morgan fingerprint density at radius 2 is 1.43 bits per heavy atom. The molecule has 1 fully saturated rings. The smallest absolute Gasteiger partial charge is 0.229 e. The Kier molecular flexibility index (Phi) is 7.52. The first-order valence-corrected chi connectivity index (χ1v) is 9.73. The Balaban J connectivity index is 1.59. The van der Waals surface area contributed by atoms with E-state index in [1.807, 2.05) is 30.3 Å². The van der Waals surface area contributed by atoms with Gasteiger partial charge in [0, 0.05) is 0 Å². The molecule has 2 aromatic carbocycles. The molecule has 5 atom stereocenters. The first-order valence-electron chi connectivity index (χ1n) is 9.73. The summed E-state index contributed by atoms with van der Waals surface area (Å²) in [5.41, 5.74) is 2.21. The van der Waals surface area contributed by atoms with Crippen LogP contribution in [0.3, 0.4) is 0 Å². The number of benzene rings is 2. The number of aryl methyl sites for hydroxylation is 2. The number of rotatable bonds is 8. The molecule has 0 aromatic heterocycles. The fourth-order valence-corrected chi connectivity index (χ4v) is 3.36. The second-order valence-electron chi connectivity index (χ2n) is 7.15. The molecule has 8 heteroatoms. The zero-order valence-corrected chi connectivity index (χ0v) is 17.0. The maximum absolute atomic E-state index is 10.1. The summed E-state index contributed by atoms with van der Waals surface area (Å²) < 4.78 is 21.5. The van der Waals surface area contributed by atoms with Gasteiger partial charge in [-0.25, -0.2) is 0 Å². The van der Waals surface area contributed by atoms with Crippen molar-refractivity contribution < 1.29 is 39.4 Å². The van der Waals surface area contributed by atoms with E-state index in [2.05, 4.69) is 0 Å².